The summed E-state index contributed by atoms with van der Waals surface area (Å²) in [5.74, 6) is -0.665. The summed E-state index contributed by atoms with van der Waals surface area (Å²) in [7, 11) is 0. The van der Waals surface area contributed by atoms with Crippen LogP contribution in [-0.4, -0.2) is 46.3 Å². The zero-order chi connectivity index (χ0) is 18.0. The predicted octanol–water partition coefficient (Wildman–Crippen LogP) is 2.35. The second kappa shape index (κ2) is 7.04. The molecule has 0 bridgehead atoms. The second-order valence-corrected chi connectivity index (χ2v) is 6.13. The van der Waals surface area contributed by atoms with E-state index in [9.17, 15) is 14.0 Å². The molecule has 0 N–H and O–H groups in total. The molecule has 1 fully saturated rings. The van der Waals surface area contributed by atoms with Gasteiger partial charge in [-0.3, -0.25) is 4.79 Å². The molecule has 1 amide bonds. The van der Waals surface area contributed by atoms with E-state index in [1.54, 1.807) is 28.6 Å². The van der Waals surface area contributed by atoms with Gasteiger partial charge >= 0.3 is 5.97 Å². The monoisotopic (exact) mass is 345 g/mol. The molecular formula is C18H20FN3O3. The number of carbonyl (C=O) groups is 2. The molecule has 1 aromatic carbocycles. The summed E-state index contributed by atoms with van der Waals surface area (Å²) in [6.07, 6.45) is 1.86. The largest absolute Gasteiger partial charge is 0.462 e. The lowest BCUT2D eigenvalue weighted by molar-refractivity contribution is -0.127. The van der Waals surface area contributed by atoms with Crippen molar-refractivity contribution in [1.82, 2.24) is 14.7 Å². The van der Waals surface area contributed by atoms with Gasteiger partial charge in [0.15, 0.2) is 0 Å². The number of benzene rings is 1. The van der Waals surface area contributed by atoms with E-state index in [2.05, 4.69) is 5.10 Å². The highest BCUT2D eigenvalue weighted by atomic mass is 19.1. The summed E-state index contributed by atoms with van der Waals surface area (Å²) in [6.45, 7) is 5.19. The van der Waals surface area contributed by atoms with Gasteiger partial charge in [0.25, 0.3) is 0 Å². The summed E-state index contributed by atoms with van der Waals surface area (Å²) >= 11 is 0. The molecule has 7 heteroatoms. The lowest BCUT2D eigenvalue weighted by atomic mass is 10.1. The number of halogens is 1. The first kappa shape index (κ1) is 17.1. The molecule has 1 saturated heterocycles. The highest BCUT2D eigenvalue weighted by Gasteiger charge is 2.29. The van der Waals surface area contributed by atoms with Crippen molar-refractivity contribution in [3.63, 3.8) is 0 Å². The first-order valence-electron chi connectivity index (χ1n) is 8.25. The average Bonchev–Trinajstić information content (AvgIpc) is 3.16. The Bertz CT molecular complexity index is 785. The van der Waals surface area contributed by atoms with E-state index < -0.39 is 5.97 Å². The van der Waals surface area contributed by atoms with E-state index in [1.807, 2.05) is 6.92 Å². The molecule has 1 aliphatic rings. The minimum Gasteiger partial charge on any atom is -0.462 e. The maximum Gasteiger partial charge on any atom is 0.341 e. The Morgan fingerprint density at radius 1 is 1.36 bits per heavy atom. The summed E-state index contributed by atoms with van der Waals surface area (Å²) in [6, 6.07) is 5.86. The van der Waals surface area contributed by atoms with Gasteiger partial charge < -0.3 is 9.64 Å². The Morgan fingerprint density at radius 2 is 2.08 bits per heavy atom. The van der Waals surface area contributed by atoms with Gasteiger partial charge in [-0.05, 0) is 38.1 Å². The van der Waals surface area contributed by atoms with Crippen LogP contribution in [0.5, 0.6) is 0 Å². The van der Waals surface area contributed by atoms with E-state index in [4.69, 9.17) is 4.74 Å². The van der Waals surface area contributed by atoms with Crippen LogP contribution in [0.1, 0.15) is 29.4 Å². The Labute approximate surface area is 145 Å². The molecule has 25 heavy (non-hydrogen) atoms. The molecule has 2 heterocycles. The molecule has 1 aliphatic heterocycles. The number of hydrogen-bond acceptors (Lipinski definition) is 4. The zero-order valence-electron chi connectivity index (χ0n) is 14.2. The SMILES string of the molecule is CCN1C[C@H](COC(=O)c2cnn(-c3ccc(F)cc3)c2C)CC1=O. The van der Waals surface area contributed by atoms with Crippen molar-refractivity contribution in [2.75, 3.05) is 19.7 Å². The molecular weight excluding hydrogens is 325 g/mol. The van der Waals surface area contributed by atoms with Crippen molar-refractivity contribution in [3.05, 3.63) is 47.5 Å². The minimum atomic E-state index is -0.465. The highest BCUT2D eigenvalue weighted by Crippen LogP contribution is 2.19. The smallest absolute Gasteiger partial charge is 0.341 e. The molecule has 0 aliphatic carbocycles. The molecule has 0 radical (unpaired) electrons. The van der Waals surface area contributed by atoms with Crippen LogP contribution in [0.2, 0.25) is 0 Å². The van der Waals surface area contributed by atoms with E-state index in [1.165, 1.54) is 18.3 Å². The van der Waals surface area contributed by atoms with Crippen LogP contribution < -0.4 is 0 Å². The fourth-order valence-electron chi connectivity index (χ4n) is 3.00. The highest BCUT2D eigenvalue weighted by molar-refractivity contribution is 5.90. The van der Waals surface area contributed by atoms with E-state index in [0.29, 0.717) is 36.5 Å². The predicted molar refractivity (Wildman–Crippen MR) is 88.9 cm³/mol. The van der Waals surface area contributed by atoms with Gasteiger partial charge in [-0.25, -0.2) is 13.9 Å². The standard InChI is InChI=1S/C18H20FN3O3/c1-3-21-10-13(8-17(21)23)11-25-18(24)16-9-20-22(12(16)2)15-6-4-14(19)5-7-15/h4-7,9,13H,3,8,10-11H2,1-2H3/t13-/m1/s1. The molecule has 0 unspecified atom stereocenters. The minimum absolute atomic E-state index is 0.0313. The van der Waals surface area contributed by atoms with Crippen LogP contribution in [-0.2, 0) is 9.53 Å². The normalized spacial score (nSPS) is 17.2. The van der Waals surface area contributed by atoms with Gasteiger partial charge in [0.05, 0.1) is 24.2 Å². The Balaban J connectivity index is 1.65. The average molecular weight is 345 g/mol. The van der Waals surface area contributed by atoms with Crippen LogP contribution >= 0.6 is 0 Å². The first-order valence-corrected chi connectivity index (χ1v) is 8.25. The van der Waals surface area contributed by atoms with Gasteiger partial charge in [0.1, 0.15) is 11.4 Å². The van der Waals surface area contributed by atoms with E-state index >= 15 is 0 Å². The quantitative estimate of drug-likeness (QED) is 0.781. The molecule has 1 aromatic heterocycles. The van der Waals surface area contributed by atoms with Gasteiger partial charge in [0.2, 0.25) is 5.91 Å². The van der Waals surface area contributed by atoms with Crippen molar-refractivity contribution < 1.29 is 18.7 Å². The maximum absolute atomic E-state index is 13.0. The first-order chi connectivity index (χ1) is 12.0. The molecule has 6 nitrogen and oxygen atoms in total. The van der Waals surface area contributed by atoms with Crippen LogP contribution in [0.4, 0.5) is 4.39 Å². The van der Waals surface area contributed by atoms with Crippen LogP contribution in [0, 0.1) is 18.7 Å². The van der Waals surface area contributed by atoms with Crippen molar-refractivity contribution in [1.29, 1.82) is 0 Å². The van der Waals surface area contributed by atoms with Crippen molar-refractivity contribution in [2.24, 2.45) is 5.92 Å². The maximum atomic E-state index is 13.0. The number of rotatable bonds is 5. The number of aromatic nitrogens is 2. The summed E-state index contributed by atoms with van der Waals surface area (Å²) in [4.78, 5) is 25.8. The van der Waals surface area contributed by atoms with Gasteiger partial charge in [-0.15, -0.1) is 0 Å². The van der Waals surface area contributed by atoms with Crippen molar-refractivity contribution >= 4 is 11.9 Å². The Hall–Kier alpha value is -2.70. The summed E-state index contributed by atoms with van der Waals surface area (Å²) in [5.41, 5.74) is 1.65. The van der Waals surface area contributed by atoms with Gasteiger partial charge in [-0.1, -0.05) is 0 Å². The van der Waals surface area contributed by atoms with Crippen molar-refractivity contribution in [3.8, 4) is 5.69 Å². The lowest BCUT2D eigenvalue weighted by Crippen LogP contribution is -2.25. The van der Waals surface area contributed by atoms with Crippen LogP contribution in [0.15, 0.2) is 30.5 Å². The Morgan fingerprint density at radius 3 is 2.72 bits per heavy atom. The number of hydrogen-bond donors (Lipinski definition) is 0. The summed E-state index contributed by atoms with van der Waals surface area (Å²) < 4.78 is 20.0. The molecule has 132 valence electrons. The van der Waals surface area contributed by atoms with Crippen LogP contribution in [0.25, 0.3) is 5.69 Å². The molecule has 0 spiro atoms. The molecule has 0 saturated carbocycles. The second-order valence-electron chi connectivity index (χ2n) is 6.13. The third kappa shape index (κ3) is 3.55. The topological polar surface area (TPSA) is 64.4 Å². The third-order valence-corrected chi connectivity index (χ3v) is 4.43. The zero-order valence-corrected chi connectivity index (χ0v) is 14.2. The number of amides is 1. The van der Waals surface area contributed by atoms with E-state index in [0.717, 1.165) is 0 Å². The lowest BCUT2D eigenvalue weighted by Gasteiger charge is -2.13. The Kier molecular flexibility index (Phi) is 4.83. The fraction of sp³-hybridized carbons (Fsp3) is 0.389. The fourth-order valence-corrected chi connectivity index (χ4v) is 3.00. The number of nitrogens with zero attached hydrogens (tertiary/aromatic N) is 3. The third-order valence-electron chi connectivity index (χ3n) is 4.43. The molecule has 3 rings (SSSR count). The molecule has 1 atom stereocenters. The number of carbonyl (C=O) groups excluding carboxylic acids is 2. The van der Waals surface area contributed by atoms with Crippen molar-refractivity contribution in [2.45, 2.75) is 20.3 Å². The summed E-state index contributed by atoms with van der Waals surface area (Å²) in [5, 5.41) is 4.18. The van der Waals surface area contributed by atoms with Gasteiger partial charge in [-0.2, -0.15) is 5.10 Å². The van der Waals surface area contributed by atoms with Gasteiger partial charge in [0, 0.05) is 25.4 Å². The molecule has 2 aromatic rings. The van der Waals surface area contributed by atoms with Crippen LogP contribution in [0.3, 0.4) is 0 Å². The number of ether oxygens (including phenoxy) is 1. The van der Waals surface area contributed by atoms with E-state index in [-0.39, 0.29) is 24.2 Å². The number of esters is 1. The number of likely N-dealkylation sites (tertiary alicyclic amines) is 1.